The summed E-state index contributed by atoms with van der Waals surface area (Å²) in [5.41, 5.74) is 2.98. The molecular formula is C23H26ClN3O4S. The van der Waals surface area contributed by atoms with Gasteiger partial charge in [-0.1, -0.05) is 17.7 Å². The highest BCUT2D eigenvalue weighted by molar-refractivity contribution is 7.89. The molecule has 0 saturated heterocycles. The molecule has 4 rings (SSSR count). The summed E-state index contributed by atoms with van der Waals surface area (Å²) in [7, 11) is -2.51. The van der Waals surface area contributed by atoms with Crippen molar-refractivity contribution in [2.24, 2.45) is 5.92 Å². The number of sulfonamides is 1. The average molecular weight is 476 g/mol. The summed E-state index contributed by atoms with van der Waals surface area (Å²) in [5, 5.41) is 3.19. The van der Waals surface area contributed by atoms with Crippen LogP contribution in [0.4, 0.5) is 11.4 Å². The zero-order valence-corrected chi connectivity index (χ0v) is 19.8. The van der Waals surface area contributed by atoms with Crippen molar-refractivity contribution in [1.29, 1.82) is 0 Å². The maximum atomic E-state index is 13.1. The standard InChI is InChI=1S/C23H26ClN3O4S/c1-14-4-7-18(24)12-20(14)25-22(28)13-26(3)32(30,31)19-8-9-21-17(11-19)10-15(2)27(21)23(29)16-5-6-16/h4,7-9,11-12,15-16H,5-6,10,13H2,1-3H3,(H,25,28)/t15-/m1/s1. The van der Waals surface area contributed by atoms with Gasteiger partial charge in [0.25, 0.3) is 0 Å². The lowest BCUT2D eigenvalue weighted by Gasteiger charge is -2.23. The number of hydrogen-bond acceptors (Lipinski definition) is 4. The van der Waals surface area contributed by atoms with E-state index in [1.807, 2.05) is 13.8 Å². The van der Waals surface area contributed by atoms with Gasteiger partial charge in [0.05, 0.1) is 11.4 Å². The molecule has 7 nitrogen and oxygen atoms in total. The minimum atomic E-state index is -3.88. The predicted molar refractivity (Wildman–Crippen MR) is 124 cm³/mol. The first-order valence-electron chi connectivity index (χ1n) is 10.6. The van der Waals surface area contributed by atoms with Gasteiger partial charge in [0, 0.05) is 35.4 Å². The van der Waals surface area contributed by atoms with E-state index in [4.69, 9.17) is 11.6 Å². The maximum Gasteiger partial charge on any atom is 0.243 e. The lowest BCUT2D eigenvalue weighted by atomic mass is 10.1. The lowest BCUT2D eigenvalue weighted by Crippen LogP contribution is -2.36. The minimum absolute atomic E-state index is 0.000461. The van der Waals surface area contributed by atoms with Crippen LogP contribution in [0, 0.1) is 12.8 Å². The maximum absolute atomic E-state index is 13.1. The second-order valence-corrected chi connectivity index (χ2v) is 11.1. The van der Waals surface area contributed by atoms with E-state index in [0.29, 0.717) is 17.1 Å². The van der Waals surface area contributed by atoms with Gasteiger partial charge in [-0.2, -0.15) is 4.31 Å². The molecule has 170 valence electrons. The molecule has 1 fully saturated rings. The van der Waals surface area contributed by atoms with Crippen LogP contribution in [-0.4, -0.2) is 44.2 Å². The summed E-state index contributed by atoms with van der Waals surface area (Å²) in [6.07, 6.45) is 2.45. The summed E-state index contributed by atoms with van der Waals surface area (Å²) < 4.78 is 27.2. The quantitative estimate of drug-likeness (QED) is 0.691. The van der Waals surface area contributed by atoms with Crippen molar-refractivity contribution in [3.8, 4) is 0 Å². The molecule has 0 unspecified atom stereocenters. The molecule has 2 amide bonds. The van der Waals surface area contributed by atoms with Crippen LogP contribution in [-0.2, 0) is 26.0 Å². The SMILES string of the molecule is Cc1ccc(Cl)cc1NC(=O)CN(C)S(=O)(=O)c1ccc2c(c1)C[C@@H](C)N2C(=O)C1CC1. The summed E-state index contributed by atoms with van der Waals surface area (Å²) >= 11 is 5.98. The van der Waals surface area contributed by atoms with E-state index in [1.54, 1.807) is 35.2 Å². The van der Waals surface area contributed by atoms with E-state index in [-0.39, 0.29) is 29.3 Å². The number of rotatable bonds is 6. The summed E-state index contributed by atoms with van der Waals surface area (Å²) in [4.78, 5) is 27.0. The lowest BCUT2D eigenvalue weighted by molar-refractivity contribution is -0.120. The highest BCUT2D eigenvalue weighted by Gasteiger charge is 2.40. The number of hydrogen-bond donors (Lipinski definition) is 1. The van der Waals surface area contributed by atoms with Crippen LogP contribution in [0.5, 0.6) is 0 Å². The van der Waals surface area contributed by atoms with Crippen molar-refractivity contribution in [3.05, 3.63) is 52.5 Å². The zero-order chi connectivity index (χ0) is 23.2. The number of benzene rings is 2. The van der Waals surface area contributed by atoms with E-state index < -0.39 is 15.9 Å². The number of nitrogens with one attached hydrogen (secondary N) is 1. The number of fused-ring (bicyclic) bond motifs is 1. The van der Waals surface area contributed by atoms with Crippen molar-refractivity contribution in [2.45, 2.75) is 44.0 Å². The van der Waals surface area contributed by atoms with Crippen molar-refractivity contribution < 1.29 is 18.0 Å². The van der Waals surface area contributed by atoms with Crippen molar-refractivity contribution in [3.63, 3.8) is 0 Å². The van der Waals surface area contributed by atoms with Gasteiger partial charge in [0.15, 0.2) is 0 Å². The van der Waals surface area contributed by atoms with Crippen LogP contribution in [0.2, 0.25) is 5.02 Å². The Morgan fingerprint density at radius 2 is 1.91 bits per heavy atom. The Labute approximate surface area is 193 Å². The number of likely N-dealkylation sites (N-methyl/N-ethyl adjacent to an activating group) is 1. The number of nitrogens with zero attached hydrogens (tertiary/aromatic N) is 2. The fourth-order valence-corrected chi connectivity index (χ4v) is 5.37. The van der Waals surface area contributed by atoms with Gasteiger partial charge < -0.3 is 10.2 Å². The van der Waals surface area contributed by atoms with E-state index >= 15 is 0 Å². The smallest absolute Gasteiger partial charge is 0.243 e. The Kier molecular flexibility index (Phi) is 6.04. The van der Waals surface area contributed by atoms with Crippen LogP contribution in [0.25, 0.3) is 0 Å². The third-order valence-electron chi connectivity index (χ3n) is 5.98. The number of amides is 2. The van der Waals surface area contributed by atoms with E-state index in [2.05, 4.69) is 5.32 Å². The van der Waals surface area contributed by atoms with E-state index in [0.717, 1.165) is 34.0 Å². The first-order valence-corrected chi connectivity index (χ1v) is 12.4. The molecule has 1 aliphatic carbocycles. The second kappa shape index (κ2) is 8.50. The summed E-state index contributed by atoms with van der Waals surface area (Å²) in [6.45, 7) is 3.46. The Bertz CT molecular complexity index is 1190. The van der Waals surface area contributed by atoms with E-state index in [9.17, 15) is 18.0 Å². The molecule has 0 bridgehead atoms. The van der Waals surface area contributed by atoms with Gasteiger partial charge in [0.1, 0.15) is 0 Å². The van der Waals surface area contributed by atoms with Crippen molar-refractivity contribution in [1.82, 2.24) is 4.31 Å². The van der Waals surface area contributed by atoms with Crippen LogP contribution >= 0.6 is 11.6 Å². The van der Waals surface area contributed by atoms with Gasteiger partial charge in [0.2, 0.25) is 21.8 Å². The highest BCUT2D eigenvalue weighted by Crippen LogP contribution is 2.39. The summed E-state index contributed by atoms with van der Waals surface area (Å²) in [5.74, 6) is -0.242. The number of anilines is 2. The topological polar surface area (TPSA) is 86.8 Å². The Hall–Kier alpha value is -2.42. The molecule has 1 aliphatic heterocycles. The fourth-order valence-electron chi connectivity index (χ4n) is 4.02. The number of halogens is 1. The molecule has 1 heterocycles. The molecule has 1 saturated carbocycles. The van der Waals surface area contributed by atoms with Gasteiger partial charge in [-0.25, -0.2) is 8.42 Å². The van der Waals surface area contributed by atoms with E-state index in [1.165, 1.54) is 13.1 Å². The molecule has 1 atom stereocenters. The van der Waals surface area contributed by atoms with Gasteiger partial charge in [-0.05, 0) is 74.6 Å². The monoisotopic (exact) mass is 475 g/mol. The molecule has 0 radical (unpaired) electrons. The second-order valence-electron chi connectivity index (χ2n) is 8.59. The molecule has 0 spiro atoms. The molecule has 2 aliphatic rings. The van der Waals surface area contributed by atoms with Crippen LogP contribution < -0.4 is 10.2 Å². The van der Waals surface area contributed by atoms with Gasteiger partial charge in [-0.3, -0.25) is 9.59 Å². The van der Waals surface area contributed by atoms with Crippen molar-refractivity contribution >= 4 is 44.8 Å². The Morgan fingerprint density at radius 1 is 1.19 bits per heavy atom. The number of aryl methyl sites for hydroxylation is 1. The summed E-state index contributed by atoms with van der Waals surface area (Å²) in [6, 6.07) is 9.96. The minimum Gasteiger partial charge on any atom is -0.325 e. The van der Waals surface area contributed by atoms with Crippen molar-refractivity contribution in [2.75, 3.05) is 23.8 Å². The molecule has 32 heavy (non-hydrogen) atoms. The van der Waals surface area contributed by atoms with Gasteiger partial charge >= 0.3 is 0 Å². The fraction of sp³-hybridized carbons (Fsp3) is 0.391. The number of carbonyl (C=O) groups excluding carboxylic acids is 2. The van der Waals surface area contributed by atoms with Crippen LogP contribution in [0.1, 0.15) is 30.9 Å². The van der Waals surface area contributed by atoms with Crippen LogP contribution in [0.3, 0.4) is 0 Å². The molecule has 9 heteroatoms. The normalized spacial score (nSPS) is 18.0. The Morgan fingerprint density at radius 3 is 2.59 bits per heavy atom. The zero-order valence-electron chi connectivity index (χ0n) is 18.3. The first kappa shape index (κ1) is 22.8. The van der Waals surface area contributed by atoms with Gasteiger partial charge in [-0.15, -0.1) is 0 Å². The average Bonchev–Trinajstić information content (AvgIpc) is 3.52. The van der Waals surface area contributed by atoms with Crippen LogP contribution in [0.15, 0.2) is 41.3 Å². The molecule has 2 aromatic carbocycles. The first-order chi connectivity index (χ1) is 15.1. The third-order valence-corrected chi connectivity index (χ3v) is 8.01. The third kappa shape index (κ3) is 4.40. The number of carbonyl (C=O) groups is 2. The molecule has 2 aromatic rings. The highest BCUT2D eigenvalue weighted by atomic mass is 35.5. The predicted octanol–water partition coefficient (Wildman–Crippen LogP) is 3.60. The molecule has 1 N–H and O–H groups in total. The molecular weight excluding hydrogens is 450 g/mol. The molecule has 0 aromatic heterocycles. The Balaban J connectivity index is 1.49. The largest absolute Gasteiger partial charge is 0.325 e.